The lowest BCUT2D eigenvalue weighted by Crippen LogP contribution is -2.50. The average molecular weight is 195 g/mol. The largest absolute Gasteiger partial charge is 0.303 e. The van der Waals surface area contributed by atoms with Crippen molar-refractivity contribution >= 4 is 0 Å². The minimum atomic E-state index is 0.552. The first-order chi connectivity index (χ1) is 6.61. The predicted octanol–water partition coefficient (Wildman–Crippen LogP) is 3.30. The average Bonchev–Trinajstić information content (AvgIpc) is 2.25. The van der Waals surface area contributed by atoms with Crippen LogP contribution in [0.25, 0.3) is 0 Å². The van der Waals surface area contributed by atoms with E-state index in [1.807, 2.05) is 0 Å². The molecule has 1 aliphatic carbocycles. The summed E-state index contributed by atoms with van der Waals surface area (Å²) in [6, 6.07) is 0.860. The SMILES string of the molecule is CN1CCC[C@@H]2CCCCC(C)(C)[C@@H]21. The molecule has 0 amide bonds. The minimum absolute atomic E-state index is 0.552. The summed E-state index contributed by atoms with van der Waals surface area (Å²) in [5.74, 6) is 0.992. The molecular weight excluding hydrogens is 170 g/mol. The van der Waals surface area contributed by atoms with Gasteiger partial charge in [-0.15, -0.1) is 0 Å². The van der Waals surface area contributed by atoms with Crippen LogP contribution in [0.4, 0.5) is 0 Å². The highest BCUT2D eigenvalue weighted by Gasteiger charge is 2.41. The van der Waals surface area contributed by atoms with Gasteiger partial charge in [-0.2, -0.15) is 0 Å². The maximum absolute atomic E-state index is 2.64. The standard InChI is InChI=1S/C13H25N/c1-13(2)9-5-4-7-11-8-6-10-14(3)12(11)13/h11-12H,4-10H2,1-3H3/t11-,12+/m0/s1. The van der Waals surface area contributed by atoms with Crippen LogP contribution < -0.4 is 0 Å². The molecule has 14 heavy (non-hydrogen) atoms. The van der Waals surface area contributed by atoms with Crippen LogP contribution in [0.5, 0.6) is 0 Å². The van der Waals surface area contributed by atoms with Gasteiger partial charge in [-0.25, -0.2) is 0 Å². The van der Waals surface area contributed by atoms with Gasteiger partial charge in [-0.1, -0.05) is 26.7 Å². The lowest BCUT2D eigenvalue weighted by Gasteiger charge is -2.47. The third-order valence-corrected chi connectivity index (χ3v) is 4.45. The summed E-state index contributed by atoms with van der Waals surface area (Å²) in [6.45, 7) is 6.29. The van der Waals surface area contributed by atoms with E-state index in [4.69, 9.17) is 0 Å². The first-order valence-electron chi connectivity index (χ1n) is 6.31. The number of hydrogen-bond donors (Lipinski definition) is 0. The van der Waals surface area contributed by atoms with Crippen molar-refractivity contribution < 1.29 is 0 Å². The van der Waals surface area contributed by atoms with Crippen LogP contribution in [0, 0.1) is 11.3 Å². The Morgan fingerprint density at radius 1 is 1.07 bits per heavy atom. The Bertz CT molecular complexity index is 197. The molecule has 0 bridgehead atoms. The molecule has 2 fully saturated rings. The summed E-state index contributed by atoms with van der Waals surface area (Å²) in [4.78, 5) is 2.64. The zero-order chi connectivity index (χ0) is 10.2. The fourth-order valence-corrected chi connectivity index (χ4v) is 3.93. The third-order valence-electron chi connectivity index (χ3n) is 4.45. The Morgan fingerprint density at radius 3 is 2.57 bits per heavy atom. The second kappa shape index (κ2) is 3.84. The highest BCUT2D eigenvalue weighted by atomic mass is 15.1. The van der Waals surface area contributed by atoms with E-state index in [0.29, 0.717) is 5.41 Å². The van der Waals surface area contributed by atoms with E-state index in [1.54, 1.807) is 0 Å². The van der Waals surface area contributed by atoms with E-state index < -0.39 is 0 Å². The Hall–Kier alpha value is -0.0400. The van der Waals surface area contributed by atoms with E-state index in [2.05, 4.69) is 25.8 Å². The molecule has 1 heterocycles. The van der Waals surface area contributed by atoms with Gasteiger partial charge < -0.3 is 4.90 Å². The van der Waals surface area contributed by atoms with Gasteiger partial charge in [0.25, 0.3) is 0 Å². The van der Waals surface area contributed by atoms with Crippen molar-refractivity contribution in [3.05, 3.63) is 0 Å². The number of fused-ring (bicyclic) bond motifs is 1. The summed E-state index contributed by atoms with van der Waals surface area (Å²) in [6.07, 6.45) is 8.75. The zero-order valence-corrected chi connectivity index (χ0v) is 10.1. The number of piperidine rings is 1. The predicted molar refractivity (Wildman–Crippen MR) is 61.4 cm³/mol. The maximum Gasteiger partial charge on any atom is 0.0172 e. The molecule has 2 aliphatic rings. The van der Waals surface area contributed by atoms with Crippen molar-refractivity contribution in [3.8, 4) is 0 Å². The molecular formula is C13H25N. The molecule has 0 radical (unpaired) electrons. The summed E-state index contributed by atoms with van der Waals surface area (Å²) >= 11 is 0. The van der Waals surface area contributed by atoms with E-state index in [1.165, 1.54) is 45.1 Å². The molecule has 0 aromatic carbocycles. The van der Waals surface area contributed by atoms with Gasteiger partial charge in [0.2, 0.25) is 0 Å². The van der Waals surface area contributed by atoms with Crippen molar-refractivity contribution in [1.29, 1.82) is 0 Å². The van der Waals surface area contributed by atoms with Crippen LogP contribution >= 0.6 is 0 Å². The topological polar surface area (TPSA) is 3.24 Å². The van der Waals surface area contributed by atoms with Crippen molar-refractivity contribution in [1.82, 2.24) is 4.90 Å². The van der Waals surface area contributed by atoms with Crippen LogP contribution in [0.2, 0.25) is 0 Å². The Labute approximate surface area is 88.9 Å². The van der Waals surface area contributed by atoms with Crippen LogP contribution in [0.15, 0.2) is 0 Å². The molecule has 82 valence electrons. The fraction of sp³-hybridized carbons (Fsp3) is 1.00. The van der Waals surface area contributed by atoms with Crippen molar-refractivity contribution in [2.24, 2.45) is 11.3 Å². The van der Waals surface area contributed by atoms with Gasteiger partial charge in [0.05, 0.1) is 0 Å². The monoisotopic (exact) mass is 195 g/mol. The first-order valence-corrected chi connectivity index (χ1v) is 6.31. The molecule has 1 saturated carbocycles. The van der Waals surface area contributed by atoms with Gasteiger partial charge in [0.1, 0.15) is 0 Å². The second-order valence-electron chi connectivity index (χ2n) is 6.06. The van der Waals surface area contributed by atoms with Crippen molar-refractivity contribution in [3.63, 3.8) is 0 Å². The molecule has 0 aromatic heterocycles. The molecule has 0 unspecified atom stereocenters. The lowest BCUT2D eigenvalue weighted by molar-refractivity contribution is 0.0299. The third kappa shape index (κ3) is 1.84. The Balaban J connectivity index is 2.19. The molecule has 1 saturated heterocycles. The van der Waals surface area contributed by atoms with Crippen molar-refractivity contribution in [2.45, 2.75) is 58.4 Å². The second-order valence-corrected chi connectivity index (χ2v) is 6.06. The van der Waals surface area contributed by atoms with E-state index >= 15 is 0 Å². The van der Waals surface area contributed by atoms with Gasteiger partial charge in [-0.3, -0.25) is 0 Å². The molecule has 1 aliphatic heterocycles. The Kier molecular flexibility index (Phi) is 2.88. The molecule has 0 spiro atoms. The zero-order valence-electron chi connectivity index (χ0n) is 10.1. The summed E-state index contributed by atoms with van der Waals surface area (Å²) < 4.78 is 0. The quantitative estimate of drug-likeness (QED) is 0.573. The first kappa shape index (κ1) is 10.5. The van der Waals surface area contributed by atoms with Crippen LogP contribution in [0.3, 0.4) is 0 Å². The van der Waals surface area contributed by atoms with E-state index in [9.17, 15) is 0 Å². The number of likely N-dealkylation sites (tertiary alicyclic amines) is 1. The highest BCUT2D eigenvalue weighted by molar-refractivity contribution is 4.94. The van der Waals surface area contributed by atoms with Crippen LogP contribution in [-0.4, -0.2) is 24.5 Å². The Morgan fingerprint density at radius 2 is 1.79 bits per heavy atom. The highest BCUT2D eigenvalue weighted by Crippen LogP contribution is 2.43. The minimum Gasteiger partial charge on any atom is -0.303 e. The van der Waals surface area contributed by atoms with Gasteiger partial charge in [0.15, 0.2) is 0 Å². The van der Waals surface area contributed by atoms with Gasteiger partial charge >= 0.3 is 0 Å². The molecule has 0 aromatic rings. The number of rotatable bonds is 0. The van der Waals surface area contributed by atoms with E-state index in [-0.39, 0.29) is 0 Å². The van der Waals surface area contributed by atoms with Gasteiger partial charge in [-0.05, 0) is 50.6 Å². The normalized spacial score (nSPS) is 38.8. The molecule has 2 rings (SSSR count). The van der Waals surface area contributed by atoms with Gasteiger partial charge in [0, 0.05) is 6.04 Å². The van der Waals surface area contributed by atoms with Crippen molar-refractivity contribution in [2.75, 3.05) is 13.6 Å². The fourth-order valence-electron chi connectivity index (χ4n) is 3.93. The smallest absolute Gasteiger partial charge is 0.0172 e. The summed E-state index contributed by atoms with van der Waals surface area (Å²) in [5.41, 5.74) is 0.552. The molecule has 2 atom stereocenters. The molecule has 1 nitrogen and oxygen atoms in total. The number of hydrogen-bond acceptors (Lipinski definition) is 1. The molecule has 0 N–H and O–H groups in total. The number of nitrogens with zero attached hydrogens (tertiary/aromatic N) is 1. The molecule has 1 heteroatoms. The van der Waals surface area contributed by atoms with Crippen LogP contribution in [-0.2, 0) is 0 Å². The van der Waals surface area contributed by atoms with Crippen LogP contribution in [0.1, 0.15) is 52.4 Å². The van der Waals surface area contributed by atoms with E-state index in [0.717, 1.165) is 12.0 Å². The summed E-state index contributed by atoms with van der Waals surface area (Å²) in [7, 11) is 2.34. The lowest BCUT2D eigenvalue weighted by atomic mass is 9.72. The summed E-state index contributed by atoms with van der Waals surface area (Å²) in [5, 5.41) is 0. The maximum atomic E-state index is 2.64.